The van der Waals surface area contributed by atoms with Gasteiger partial charge in [-0.1, -0.05) is 30.3 Å². The third-order valence-corrected chi connectivity index (χ3v) is 4.95. The van der Waals surface area contributed by atoms with Gasteiger partial charge in [0, 0.05) is 30.6 Å². The van der Waals surface area contributed by atoms with E-state index in [0.717, 1.165) is 17.7 Å². The van der Waals surface area contributed by atoms with Crippen molar-refractivity contribution in [2.75, 3.05) is 18.4 Å². The van der Waals surface area contributed by atoms with Gasteiger partial charge in [-0.05, 0) is 55.7 Å². The van der Waals surface area contributed by atoms with Crippen LogP contribution in [0.25, 0.3) is 11.4 Å². The molecule has 32 heavy (non-hydrogen) atoms. The number of nitrogens with zero attached hydrogens (tertiary/aromatic N) is 3. The Bertz CT molecular complexity index is 1050. The van der Waals surface area contributed by atoms with E-state index >= 15 is 0 Å². The van der Waals surface area contributed by atoms with Crippen molar-refractivity contribution in [1.82, 2.24) is 15.0 Å². The van der Waals surface area contributed by atoms with E-state index in [2.05, 4.69) is 15.5 Å². The van der Waals surface area contributed by atoms with Crippen LogP contribution in [-0.4, -0.2) is 39.9 Å². The lowest BCUT2D eigenvalue weighted by Crippen LogP contribution is -2.38. The summed E-state index contributed by atoms with van der Waals surface area (Å²) < 4.78 is 18.3. The molecule has 7 nitrogen and oxygen atoms in total. The van der Waals surface area contributed by atoms with Crippen molar-refractivity contribution in [3.05, 3.63) is 65.8 Å². The van der Waals surface area contributed by atoms with Crippen LogP contribution in [0.3, 0.4) is 0 Å². The van der Waals surface area contributed by atoms with E-state index in [1.165, 1.54) is 12.1 Å². The number of para-hydroxylation sites is 1. The molecule has 168 valence electrons. The molecule has 8 heteroatoms. The summed E-state index contributed by atoms with van der Waals surface area (Å²) in [6, 6.07) is 13.4. The van der Waals surface area contributed by atoms with Crippen LogP contribution in [0.4, 0.5) is 10.1 Å². The van der Waals surface area contributed by atoms with Crippen molar-refractivity contribution >= 4 is 17.5 Å². The summed E-state index contributed by atoms with van der Waals surface area (Å²) in [7, 11) is 0. The number of benzene rings is 2. The van der Waals surface area contributed by atoms with Gasteiger partial charge < -0.3 is 14.7 Å². The van der Waals surface area contributed by atoms with E-state index in [9.17, 15) is 14.0 Å². The second kappa shape index (κ2) is 11.2. The second-order valence-corrected chi connectivity index (χ2v) is 7.55. The molecule has 0 spiro atoms. The fourth-order valence-corrected chi connectivity index (χ4v) is 3.26. The highest BCUT2D eigenvalue weighted by Gasteiger charge is 2.17. The SMILES string of the molecule is CCCN(CC(=O)Nc1ccccc1C)C(=O)CCCc1nc(-c2ccc(F)cc2)no1. The topological polar surface area (TPSA) is 88.3 Å². The van der Waals surface area contributed by atoms with Crippen LogP contribution in [0, 0.1) is 12.7 Å². The van der Waals surface area contributed by atoms with Gasteiger partial charge in [0.1, 0.15) is 5.82 Å². The van der Waals surface area contributed by atoms with Gasteiger partial charge in [-0.3, -0.25) is 9.59 Å². The first-order valence-corrected chi connectivity index (χ1v) is 10.7. The summed E-state index contributed by atoms with van der Waals surface area (Å²) in [6.45, 7) is 4.41. The van der Waals surface area contributed by atoms with E-state index in [4.69, 9.17) is 4.52 Å². The number of carbonyl (C=O) groups is 2. The minimum absolute atomic E-state index is 0.0102. The molecule has 0 fully saturated rings. The molecule has 0 aliphatic carbocycles. The van der Waals surface area contributed by atoms with Crippen molar-refractivity contribution in [2.24, 2.45) is 0 Å². The van der Waals surface area contributed by atoms with Gasteiger partial charge in [0.05, 0.1) is 6.54 Å². The monoisotopic (exact) mass is 438 g/mol. The molecule has 0 bridgehead atoms. The molecular formula is C24H27FN4O3. The fourth-order valence-electron chi connectivity index (χ4n) is 3.26. The number of hydrogen-bond donors (Lipinski definition) is 1. The summed E-state index contributed by atoms with van der Waals surface area (Å²) in [5.41, 5.74) is 2.37. The highest BCUT2D eigenvalue weighted by molar-refractivity contribution is 5.95. The van der Waals surface area contributed by atoms with Gasteiger partial charge in [-0.25, -0.2) is 4.39 Å². The van der Waals surface area contributed by atoms with Crippen molar-refractivity contribution in [3.8, 4) is 11.4 Å². The number of amides is 2. The van der Waals surface area contributed by atoms with Crippen molar-refractivity contribution in [3.63, 3.8) is 0 Å². The smallest absolute Gasteiger partial charge is 0.244 e. The van der Waals surface area contributed by atoms with Gasteiger partial charge in [0.15, 0.2) is 0 Å². The number of rotatable bonds is 10. The molecule has 2 aromatic carbocycles. The molecule has 0 aliphatic heterocycles. The number of aryl methyl sites for hydroxylation is 2. The minimum Gasteiger partial charge on any atom is -0.339 e. The van der Waals surface area contributed by atoms with Crippen molar-refractivity contribution in [1.29, 1.82) is 0 Å². The summed E-state index contributed by atoms with van der Waals surface area (Å²) >= 11 is 0. The molecule has 3 rings (SSSR count). The lowest BCUT2D eigenvalue weighted by Gasteiger charge is -2.22. The van der Waals surface area contributed by atoms with Gasteiger partial charge in [0.2, 0.25) is 23.5 Å². The number of nitrogens with one attached hydrogen (secondary N) is 1. The lowest BCUT2D eigenvalue weighted by molar-refractivity contribution is -0.134. The second-order valence-electron chi connectivity index (χ2n) is 7.55. The van der Waals surface area contributed by atoms with Crippen LogP contribution >= 0.6 is 0 Å². The molecule has 1 heterocycles. The van der Waals surface area contributed by atoms with Crippen LogP contribution in [-0.2, 0) is 16.0 Å². The zero-order chi connectivity index (χ0) is 22.9. The van der Waals surface area contributed by atoms with Gasteiger partial charge in [-0.15, -0.1) is 0 Å². The molecule has 0 atom stereocenters. The Kier molecular flexibility index (Phi) is 8.08. The molecule has 0 unspecified atom stereocenters. The Labute approximate surface area is 186 Å². The van der Waals surface area contributed by atoms with Crippen molar-refractivity contribution < 1.29 is 18.5 Å². The predicted octanol–water partition coefficient (Wildman–Crippen LogP) is 4.38. The maximum atomic E-state index is 13.1. The van der Waals surface area contributed by atoms with E-state index in [-0.39, 0.29) is 30.6 Å². The molecular weight excluding hydrogens is 411 g/mol. The number of halogens is 1. The van der Waals surface area contributed by atoms with Crippen LogP contribution in [0.15, 0.2) is 53.1 Å². The van der Waals surface area contributed by atoms with Crippen LogP contribution in [0.1, 0.15) is 37.6 Å². The van der Waals surface area contributed by atoms with E-state index in [1.54, 1.807) is 17.0 Å². The number of aromatic nitrogens is 2. The van der Waals surface area contributed by atoms with Crippen molar-refractivity contribution in [2.45, 2.75) is 39.5 Å². The minimum atomic E-state index is -0.333. The molecule has 0 saturated heterocycles. The first kappa shape index (κ1) is 23.1. The first-order valence-electron chi connectivity index (χ1n) is 10.7. The lowest BCUT2D eigenvalue weighted by atomic mass is 10.2. The highest BCUT2D eigenvalue weighted by Crippen LogP contribution is 2.17. The van der Waals surface area contributed by atoms with E-state index in [1.807, 2.05) is 38.1 Å². The molecule has 3 aromatic rings. The normalized spacial score (nSPS) is 10.7. The third-order valence-electron chi connectivity index (χ3n) is 4.95. The third kappa shape index (κ3) is 6.47. The molecule has 1 N–H and O–H groups in total. The Morgan fingerprint density at radius 1 is 1.12 bits per heavy atom. The predicted molar refractivity (Wildman–Crippen MR) is 119 cm³/mol. The van der Waals surface area contributed by atoms with Crippen LogP contribution < -0.4 is 5.32 Å². The van der Waals surface area contributed by atoms with Crippen LogP contribution in [0.5, 0.6) is 0 Å². The Morgan fingerprint density at radius 2 is 1.88 bits per heavy atom. The van der Waals surface area contributed by atoms with Crippen LogP contribution in [0.2, 0.25) is 0 Å². The first-order chi connectivity index (χ1) is 15.5. The molecule has 1 aromatic heterocycles. The zero-order valence-electron chi connectivity index (χ0n) is 18.3. The fraction of sp³-hybridized carbons (Fsp3) is 0.333. The maximum Gasteiger partial charge on any atom is 0.244 e. The quantitative estimate of drug-likeness (QED) is 0.507. The summed E-state index contributed by atoms with van der Waals surface area (Å²) in [5, 5.41) is 6.78. The summed E-state index contributed by atoms with van der Waals surface area (Å²) in [5.74, 6) is 0.149. The number of hydrogen-bond acceptors (Lipinski definition) is 5. The largest absolute Gasteiger partial charge is 0.339 e. The standard InChI is InChI=1S/C24H27FN4O3/c1-3-15-29(16-21(30)26-20-8-5-4-7-17(20)2)23(31)10-6-9-22-27-24(28-32-22)18-11-13-19(25)14-12-18/h4-5,7-8,11-14H,3,6,9-10,15-16H2,1-2H3,(H,26,30). The molecule has 2 amide bonds. The molecule has 0 saturated carbocycles. The van der Waals surface area contributed by atoms with Gasteiger partial charge >= 0.3 is 0 Å². The highest BCUT2D eigenvalue weighted by atomic mass is 19.1. The van der Waals surface area contributed by atoms with E-state index in [0.29, 0.717) is 36.7 Å². The average molecular weight is 439 g/mol. The molecule has 0 radical (unpaired) electrons. The summed E-state index contributed by atoms with van der Waals surface area (Å²) in [4.78, 5) is 31.0. The van der Waals surface area contributed by atoms with Gasteiger partial charge in [0.25, 0.3) is 0 Å². The summed E-state index contributed by atoms with van der Waals surface area (Å²) in [6.07, 6.45) is 1.98. The Hall–Kier alpha value is -3.55. The number of anilines is 1. The zero-order valence-corrected chi connectivity index (χ0v) is 18.3. The van der Waals surface area contributed by atoms with E-state index < -0.39 is 0 Å². The maximum absolute atomic E-state index is 13.1. The molecule has 0 aliphatic rings. The Morgan fingerprint density at radius 3 is 2.59 bits per heavy atom. The Balaban J connectivity index is 1.50. The van der Waals surface area contributed by atoms with Gasteiger partial charge in [-0.2, -0.15) is 4.98 Å². The average Bonchev–Trinajstić information content (AvgIpc) is 3.24. The number of carbonyl (C=O) groups excluding carboxylic acids is 2.